The Hall–Kier alpha value is -2.82. The summed E-state index contributed by atoms with van der Waals surface area (Å²) in [7, 11) is 1.30. The molecule has 0 heterocycles. The number of anilines is 1. The molecule has 5 nitrogen and oxygen atoms in total. The van der Waals surface area contributed by atoms with Crippen LogP contribution in [0.25, 0.3) is 0 Å². The molecule has 0 aliphatic heterocycles. The summed E-state index contributed by atoms with van der Waals surface area (Å²) in [6, 6.07) is 18.4. The summed E-state index contributed by atoms with van der Waals surface area (Å²) in [4.78, 5) is 13.2. The van der Waals surface area contributed by atoms with Gasteiger partial charge in [-0.05, 0) is 30.2 Å². The predicted octanol–water partition coefficient (Wildman–Crippen LogP) is 3.40. The summed E-state index contributed by atoms with van der Waals surface area (Å²) < 4.78 is 4.44. The molecule has 0 unspecified atom stereocenters. The zero-order chi connectivity index (χ0) is 16.5. The molecule has 0 saturated heterocycles. The Labute approximate surface area is 136 Å². The maximum absolute atomic E-state index is 10.9. The van der Waals surface area contributed by atoms with Gasteiger partial charge in [0, 0.05) is 18.8 Å². The minimum Gasteiger partial charge on any atom is -0.452 e. The fourth-order valence-electron chi connectivity index (χ4n) is 2.17. The van der Waals surface area contributed by atoms with Crippen LogP contribution in [0.15, 0.2) is 59.7 Å². The lowest BCUT2D eigenvalue weighted by Gasteiger charge is -2.23. The summed E-state index contributed by atoms with van der Waals surface area (Å²) in [6.07, 6.45) is 0.992. The van der Waals surface area contributed by atoms with E-state index in [0.717, 1.165) is 24.3 Å². The van der Waals surface area contributed by atoms with Crippen LogP contribution in [0.5, 0.6) is 0 Å². The van der Waals surface area contributed by atoms with Gasteiger partial charge in [-0.3, -0.25) is 0 Å². The molecule has 2 rings (SSSR count). The molecule has 2 aromatic carbocycles. The monoisotopic (exact) mass is 311 g/mol. The first-order chi connectivity index (χ1) is 11.2. The lowest BCUT2D eigenvalue weighted by molar-refractivity contribution is 0.171. The fourth-order valence-corrected chi connectivity index (χ4v) is 2.17. The minimum absolute atomic E-state index is 0.585. The number of ether oxygens (including phenoxy) is 1. The first-order valence-corrected chi connectivity index (χ1v) is 7.49. The molecule has 1 N–H and O–H groups in total. The average molecular weight is 311 g/mol. The van der Waals surface area contributed by atoms with Crippen LogP contribution >= 0.6 is 0 Å². The van der Waals surface area contributed by atoms with E-state index in [2.05, 4.69) is 51.4 Å². The molecule has 120 valence electrons. The van der Waals surface area contributed by atoms with Crippen LogP contribution in [0.1, 0.15) is 18.1 Å². The van der Waals surface area contributed by atoms with E-state index in [9.17, 15) is 4.79 Å². The Morgan fingerprint density at radius 2 is 1.87 bits per heavy atom. The van der Waals surface area contributed by atoms with Gasteiger partial charge < -0.3 is 9.64 Å². The second-order valence-corrected chi connectivity index (χ2v) is 4.95. The zero-order valence-corrected chi connectivity index (χ0v) is 13.4. The molecule has 0 spiro atoms. The van der Waals surface area contributed by atoms with Crippen molar-refractivity contribution in [2.45, 2.75) is 13.5 Å². The van der Waals surface area contributed by atoms with E-state index in [4.69, 9.17) is 0 Å². The van der Waals surface area contributed by atoms with Crippen LogP contribution in [0.4, 0.5) is 10.5 Å². The van der Waals surface area contributed by atoms with Gasteiger partial charge in [0.05, 0.1) is 13.3 Å². The van der Waals surface area contributed by atoms with Crippen molar-refractivity contribution in [1.29, 1.82) is 0 Å². The number of amides is 1. The Balaban J connectivity index is 2.00. The third-order valence-corrected chi connectivity index (χ3v) is 3.41. The van der Waals surface area contributed by atoms with Gasteiger partial charge in [0.1, 0.15) is 0 Å². The van der Waals surface area contributed by atoms with E-state index in [-0.39, 0.29) is 0 Å². The van der Waals surface area contributed by atoms with E-state index in [0.29, 0.717) is 0 Å². The Kier molecular flexibility index (Phi) is 6.17. The Bertz CT molecular complexity index is 639. The van der Waals surface area contributed by atoms with Gasteiger partial charge in [-0.1, -0.05) is 42.5 Å². The Morgan fingerprint density at radius 1 is 1.17 bits per heavy atom. The topological polar surface area (TPSA) is 53.9 Å². The molecule has 1 amide bonds. The number of hydrogen-bond acceptors (Lipinski definition) is 4. The molecule has 0 aliphatic carbocycles. The number of carbonyl (C=O) groups is 1. The standard InChI is InChI=1S/C18H21N3O2/c1-3-21(14-16-7-5-4-6-8-16)17-11-9-15(10-12-17)13-19-20-18(22)23-2/h4-13H,3,14H2,1-2H3,(H,20,22)/b19-13-. The zero-order valence-electron chi connectivity index (χ0n) is 13.4. The van der Waals surface area contributed by atoms with Gasteiger partial charge >= 0.3 is 6.09 Å². The molecule has 0 radical (unpaired) electrons. The number of hydrogen-bond donors (Lipinski definition) is 1. The van der Waals surface area contributed by atoms with Crippen molar-refractivity contribution < 1.29 is 9.53 Å². The number of nitrogens with one attached hydrogen (secondary N) is 1. The van der Waals surface area contributed by atoms with E-state index >= 15 is 0 Å². The van der Waals surface area contributed by atoms with Crippen molar-refractivity contribution >= 4 is 18.0 Å². The molecule has 0 saturated carbocycles. The summed E-state index contributed by atoms with van der Waals surface area (Å²) >= 11 is 0. The van der Waals surface area contributed by atoms with Crippen LogP contribution in [0, 0.1) is 0 Å². The van der Waals surface area contributed by atoms with E-state index in [1.165, 1.54) is 12.7 Å². The third kappa shape index (κ3) is 5.14. The van der Waals surface area contributed by atoms with Crippen molar-refractivity contribution in [1.82, 2.24) is 5.43 Å². The van der Waals surface area contributed by atoms with E-state index in [1.54, 1.807) is 6.21 Å². The second kappa shape index (κ2) is 8.58. The van der Waals surface area contributed by atoms with Crippen molar-refractivity contribution in [3.05, 3.63) is 65.7 Å². The highest BCUT2D eigenvalue weighted by Crippen LogP contribution is 2.17. The Morgan fingerprint density at radius 3 is 2.48 bits per heavy atom. The molecule has 0 aliphatic rings. The number of methoxy groups -OCH3 is 1. The summed E-state index contributed by atoms with van der Waals surface area (Å²) in [6.45, 7) is 3.93. The lowest BCUT2D eigenvalue weighted by atomic mass is 10.1. The lowest BCUT2D eigenvalue weighted by Crippen LogP contribution is -2.21. The molecule has 0 atom stereocenters. The molecule has 0 bridgehead atoms. The molecule has 0 fully saturated rings. The van der Waals surface area contributed by atoms with Crippen molar-refractivity contribution in [2.24, 2.45) is 5.10 Å². The highest BCUT2D eigenvalue weighted by molar-refractivity contribution is 5.81. The number of nitrogens with zero attached hydrogens (tertiary/aromatic N) is 2. The second-order valence-electron chi connectivity index (χ2n) is 4.95. The van der Waals surface area contributed by atoms with Crippen molar-refractivity contribution in [3.63, 3.8) is 0 Å². The maximum Gasteiger partial charge on any atom is 0.427 e. The predicted molar refractivity (Wildman–Crippen MR) is 92.7 cm³/mol. The molecule has 23 heavy (non-hydrogen) atoms. The molecular formula is C18H21N3O2. The van der Waals surface area contributed by atoms with Gasteiger partial charge in [0.25, 0.3) is 0 Å². The molecular weight excluding hydrogens is 290 g/mol. The highest BCUT2D eigenvalue weighted by atomic mass is 16.5. The van der Waals surface area contributed by atoms with E-state index < -0.39 is 6.09 Å². The van der Waals surface area contributed by atoms with Gasteiger partial charge in [-0.2, -0.15) is 5.10 Å². The number of rotatable bonds is 6. The average Bonchev–Trinajstić information content (AvgIpc) is 2.61. The third-order valence-electron chi connectivity index (χ3n) is 3.41. The smallest absolute Gasteiger partial charge is 0.427 e. The summed E-state index contributed by atoms with van der Waals surface area (Å²) in [5, 5.41) is 3.81. The van der Waals surface area contributed by atoms with Gasteiger partial charge in [0.2, 0.25) is 0 Å². The van der Waals surface area contributed by atoms with Crippen LogP contribution in [-0.2, 0) is 11.3 Å². The minimum atomic E-state index is -0.585. The molecule has 0 aromatic heterocycles. The van der Waals surface area contributed by atoms with E-state index in [1.807, 2.05) is 30.3 Å². The molecule has 5 heteroatoms. The fraction of sp³-hybridized carbons (Fsp3) is 0.222. The first kappa shape index (κ1) is 16.5. The highest BCUT2D eigenvalue weighted by Gasteiger charge is 2.05. The molecule has 2 aromatic rings. The van der Waals surface area contributed by atoms with Crippen LogP contribution < -0.4 is 10.3 Å². The SMILES string of the molecule is CCN(Cc1ccccc1)c1ccc(/C=N\NC(=O)OC)cc1. The first-order valence-electron chi connectivity index (χ1n) is 7.49. The quantitative estimate of drug-likeness (QED) is 0.657. The summed E-state index contributed by atoms with van der Waals surface area (Å²) in [5.74, 6) is 0. The number of carbonyl (C=O) groups excluding carboxylic acids is 1. The van der Waals surface area contributed by atoms with Gasteiger partial charge in [0.15, 0.2) is 0 Å². The van der Waals surface area contributed by atoms with Crippen LogP contribution in [-0.4, -0.2) is 26.0 Å². The normalized spacial score (nSPS) is 10.5. The van der Waals surface area contributed by atoms with Crippen LogP contribution in [0.3, 0.4) is 0 Å². The van der Waals surface area contributed by atoms with Gasteiger partial charge in [-0.25, -0.2) is 10.2 Å². The van der Waals surface area contributed by atoms with Crippen molar-refractivity contribution in [2.75, 3.05) is 18.6 Å². The van der Waals surface area contributed by atoms with Crippen LogP contribution in [0.2, 0.25) is 0 Å². The van der Waals surface area contributed by atoms with Crippen molar-refractivity contribution in [3.8, 4) is 0 Å². The summed E-state index contributed by atoms with van der Waals surface area (Å²) in [5.41, 5.74) is 5.59. The number of benzene rings is 2. The maximum atomic E-state index is 10.9. The largest absolute Gasteiger partial charge is 0.452 e. The number of hydrazone groups is 1. The van der Waals surface area contributed by atoms with Gasteiger partial charge in [-0.15, -0.1) is 0 Å².